The molecule has 1 atom stereocenters. The number of aryl methyl sites for hydroxylation is 1. The second-order valence-electron chi connectivity index (χ2n) is 7.94. The molecule has 5 heteroatoms. The third-order valence-electron chi connectivity index (χ3n) is 5.55. The zero-order valence-corrected chi connectivity index (χ0v) is 18.8. The van der Waals surface area contributed by atoms with E-state index in [0.29, 0.717) is 17.7 Å². The zero-order chi connectivity index (χ0) is 22.0. The van der Waals surface area contributed by atoms with Crippen molar-refractivity contribution in [2.45, 2.75) is 49.6 Å². The van der Waals surface area contributed by atoms with Gasteiger partial charge in [0.05, 0.1) is 17.8 Å². The molecule has 3 aromatic carbocycles. The largest absolute Gasteiger partial charge is 0.350 e. The van der Waals surface area contributed by atoms with Gasteiger partial charge in [0, 0.05) is 21.4 Å². The van der Waals surface area contributed by atoms with Crippen molar-refractivity contribution in [3.05, 3.63) is 89.0 Å². The summed E-state index contributed by atoms with van der Waals surface area (Å²) in [5.74, 6) is -0.173. The summed E-state index contributed by atoms with van der Waals surface area (Å²) in [6.07, 6.45) is 0.861. The highest BCUT2D eigenvalue weighted by atomic mass is 32.2. The summed E-state index contributed by atoms with van der Waals surface area (Å²) in [4.78, 5) is 30.0. The van der Waals surface area contributed by atoms with Gasteiger partial charge in [-0.25, -0.2) is 0 Å². The number of carbonyl (C=O) groups is 2. The lowest BCUT2D eigenvalue weighted by molar-refractivity contribution is 0.0936. The van der Waals surface area contributed by atoms with Crippen molar-refractivity contribution >= 4 is 29.3 Å². The molecule has 4 nitrogen and oxygen atoms in total. The highest BCUT2D eigenvalue weighted by molar-refractivity contribution is 7.99. The lowest BCUT2D eigenvalue weighted by Gasteiger charge is -2.24. The number of hydrogen-bond acceptors (Lipinski definition) is 3. The minimum absolute atomic E-state index is 0.0538. The van der Waals surface area contributed by atoms with Crippen LogP contribution in [0.2, 0.25) is 0 Å². The first-order valence-corrected chi connectivity index (χ1v) is 11.4. The highest BCUT2D eigenvalue weighted by Gasteiger charge is 2.28. The van der Waals surface area contributed by atoms with Crippen LogP contribution in [-0.4, -0.2) is 17.9 Å². The van der Waals surface area contributed by atoms with Gasteiger partial charge in [-0.3, -0.25) is 9.59 Å². The lowest BCUT2D eigenvalue weighted by atomic mass is 10.1. The van der Waals surface area contributed by atoms with Crippen LogP contribution in [0.15, 0.2) is 76.5 Å². The van der Waals surface area contributed by atoms with Crippen molar-refractivity contribution in [3.63, 3.8) is 0 Å². The third kappa shape index (κ3) is 4.52. The van der Waals surface area contributed by atoms with E-state index in [1.807, 2.05) is 75.4 Å². The molecule has 1 N–H and O–H groups in total. The van der Waals surface area contributed by atoms with Crippen LogP contribution in [0, 0.1) is 6.92 Å². The fraction of sp³-hybridized carbons (Fsp3) is 0.231. The SMILES string of the molecule is CC[C@H](C)NC(=O)c1ccc2c(c1)N(Cc1ccc(C)cc1)C(=O)c1ccccc1S2. The van der Waals surface area contributed by atoms with Crippen LogP contribution in [-0.2, 0) is 6.54 Å². The highest BCUT2D eigenvalue weighted by Crippen LogP contribution is 2.42. The average molecular weight is 431 g/mol. The summed E-state index contributed by atoms with van der Waals surface area (Å²) in [6.45, 7) is 6.52. The molecule has 31 heavy (non-hydrogen) atoms. The minimum atomic E-state index is -0.119. The molecule has 0 saturated carbocycles. The molecule has 0 saturated heterocycles. The van der Waals surface area contributed by atoms with Crippen molar-refractivity contribution in [3.8, 4) is 0 Å². The van der Waals surface area contributed by atoms with Crippen LogP contribution in [0.4, 0.5) is 5.69 Å². The average Bonchev–Trinajstić information content (AvgIpc) is 2.89. The lowest BCUT2D eigenvalue weighted by Crippen LogP contribution is -2.33. The van der Waals surface area contributed by atoms with Gasteiger partial charge in [0.15, 0.2) is 0 Å². The normalized spacial score (nSPS) is 13.8. The van der Waals surface area contributed by atoms with Gasteiger partial charge in [-0.05, 0) is 56.2 Å². The van der Waals surface area contributed by atoms with Gasteiger partial charge in [0.1, 0.15) is 0 Å². The molecule has 0 spiro atoms. The second-order valence-corrected chi connectivity index (χ2v) is 9.02. The van der Waals surface area contributed by atoms with Crippen LogP contribution in [0.25, 0.3) is 0 Å². The maximum Gasteiger partial charge on any atom is 0.259 e. The number of nitrogens with one attached hydrogen (secondary N) is 1. The Labute approximate surface area is 187 Å². The van der Waals surface area contributed by atoms with E-state index in [1.54, 1.807) is 16.7 Å². The fourth-order valence-electron chi connectivity index (χ4n) is 3.50. The Morgan fingerprint density at radius 1 is 1.03 bits per heavy atom. The molecule has 0 aliphatic carbocycles. The van der Waals surface area contributed by atoms with Gasteiger partial charge >= 0.3 is 0 Å². The predicted octanol–water partition coefficient (Wildman–Crippen LogP) is 5.83. The summed E-state index contributed by atoms with van der Waals surface area (Å²) in [6, 6.07) is 21.6. The number of benzene rings is 3. The molecule has 0 aromatic heterocycles. The van der Waals surface area contributed by atoms with Crippen molar-refractivity contribution in [2.24, 2.45) is 0 Å². The van der Waals surface area contributed by atoms with Crippen LogP contribution in [0.3, 0.4) is 0 Å². The Hall–Kier alpha value is -3.05. The standard InChI is InChI=1S/C26H26N2O2S/c1-4-18(3)27-25(29)20-13-14-24-22(15-20)28(16-19-11-9-17(2)10-12-19)26(30)21-7-5-6-8-23(21)31-24/h5-15,18H,4,16H2,1-3H3,(H,27,29)/t18-/m0/s1. The Morgan fingerprint density at radius 2 is 1.77 bits per heavy atom. The van der Waals surface area contributed by atoms with E-state index >= 15 is 0 Å². The first kappa shape index (κ1) is 21.2. The van der Waals surface area contributed by atoms with Crippen molar-refractivity contribution in [1.29, 1.82) is 0 Å². The molecule has 1 heterocycles. The molecule has 3 aromatic rings. The molecule has 4 rings (SSSR count). The first-order valence-electron chi connectivity index (χ1n) is 10.6. The molecular weight excluding hydrogens is 404 g/mol. The Bertz CT molecular complexity index is 1120. The van der Waals surface area contributed by atoms with Crippen LogP contribution >= 0.6 is 11.8 Å². The number of anilines is 1. The topological polar surface area (TPSA) is 49.4 Å². The maximum atomic E-state index is 13.6. The predicted molar refractivity (Wildman–Crippen MR) is 126 cm³/mol. The molecule has 0 radical (unpaired) electrons. The van der Waals surface area contributed by atoms with E-state index in [4.69, 9.17) is 0 Å². The number of carbonyl (C=O) groups excluding carboxylic acids is 2. The van der Waals surface area contributed by atoms with E-state index in [-0.39, 0.29) is 17.9 Å². The van der Waals surface area contributed by atoms with Crippen LogP contribution in [0.1, 0.15) is 52.1 Å². The first-order chi connectivity index (χ1) is 15.0. The number of rotatable bonds is 5. The molecule has 158 valence electrons. The number of hydrogen-bond donors (Lipinski definition) is 1. The summed E-state index contributed by atoms with van der Waals surface area (Å²) >= 11 is 1.57. The summed E-state index contributed by atoms with van der Waals surface area (Å²) in [5.41, 5.74) is 4.23. The molecule has 1 aliphatic rings. The summed E-state index contributed by atoms with van der Waals surface area (Å²) < 4.78 is 0. The van der Waals surface area contributed by atoms with Gasteiger partial charge in [0.2, 0.25) is 0 Å². The molecule has 2 amide bonds. The van der Waals surface area contributed by atoms with E-state index < -0.39 is 0 Å². The van der Waals surface area contributed by atoms with Gasteiger partial charge < -0.3 is 10.2 Å². The van der Waals surface area contributed by atoms with Gasteiger partial charge in [-0.1, -0.05) is 60.6 Å². The van der Waals surface area contributed by atoms with Crippen LogP contribution < -0.4 is 10.2 Å². The number of fused-ring (bicyclic) bond motifs is 2. The van der Waals surface area contributed by atoms with Crippen molar-refractivity contribution < 1.29 is 9.59 Å². The number of amides is 2. The smallest absolute Gasteiger partial charge is 0.259 e. The molecule has 0 bridgehead atoms. The Balaban J connectivity index is 1.78. The minimum Gasteiger partial charge on any atom is -0.350 e. The van der Waals surface area contributed by atoms with Gasteiger partial charge in [0.25, 0.3) is 11.8 Å². The zero-order valence-electron chi connectivity index (χ0n) is 18.0. The van der Waals surface area contributed by atoms with Crippen molar-refractivity contribution in [2.75, 3.05) is 4.90 Å². The Morgan fingerprint density at radius 3 is 2.52 bits per heavy atom. The second kappa shape index (κ2) is 8.98. The van der Waals surface area contributed by atoms with Crippen molar-refractivity contribution in [1.82, 2.24) is 5.32 Å². The fourth-order valence-corrected chi connectivity index (χ4v) is 4.56. The molecule has 0 fully saturated rings. The maximum absolute atomic E-state index is 13.6. The quantitative estimate of drug-likeness (QED) is 0.554. The molecule has 0 unspecified atom stereocenters. The molecule has 1 aliphatic heterocycles. The van der Waals surface area contributed by atoms with Gasteiger partial charge in [-0.2, -0.15) is 0 Å². The van der Waals surface area contributed by atoms with E-state index in [9.17, 15) is 9.59 Å². The van der Waals surface area contributed by atoms with E-state index in [2.05, 4.69) is 17.4 Å². The third-order valence-corrected chi connectivity index (χ3v) is 6.69. The molecular formula is C26H26N2O2S. The van der Waals surface area contributed by atoms with E-state index in [0.717, 1.165) is 27.5 Å². The summed E-state index contributed by atoms with van der Waals surface area (Å²) in [5, 5.41) is 3.02. The monoisotopic (exact) mass is 430 g/mol. The van der Waals surface area contributed by atoms with Gasteiger partial charge in [-0.15, -0.1) is 0 Å². The number of nitrogens with zero attached hydrogens (tertiary/aromatic N) is 1. The van der Waals surface area contributed by atoms with Crippen LogP contribution in [0.5, 0.6) is 0 Å². The Kier molecular flexibility index (Phi) is 6.14. The van der Waals surface area contributed by atoms with E-state index in [1.165, 1.54) is 5.56 Å². The summed E-state index contributed by atoms with van der Waals surface area (Å²) in [7, 11) is 0.